The molecule has 5 atom stereocenters. The van der Waals surface area contributed by atoms with E-state index in [1.807, 2.05) is 39.8 Å². The van der Waals surface area contributed by atoms with Crippen molar-refractivity contribution in [3.05, 3.63) is 29.8 Å². The number of ether oxygens (including phenoxy) is 1. The fraction of sp³-hybridized carbons (Fsp3) is 0.733. The number of hydrogen-bond donors (Lipinski definition) is 5. The number of carbonyl (C=O) groups excluding carboxylic acids is 1. The van der Waals surface area contributed by atoms with Crippen LogP contribution in [-0.2, 0) is 11.2 Å². The highest BCUT2D eigenvalue weighted by atomic mass is 16.6. The van der Waals surface area contributed by atoms with Gasteiger partial charge in [-0.25, -0.2) is 5.32 Å². The van der Waals surface area contributed by atoms with E-state index >= 15 is 0 Å². The Kier molecular flexibility index (Phi) is 14.3. The first kappa shape index (κ1) is 32.2. The number of aliphatic hydroxyl groups is 1. The molecule has 1 aromatic rings. The standard InChI is InChI=1S/C30H53N5O3/c1-7-9-10-11-12-13-14-15-26-16-18-27(19-17-26)38-30(37,8-2)35-25(6)34-24(5)33-23(4)28-21-31-29(36)20-22(3)32-28/h16-19,23-25,28,33-35,37H,7-15,20-21H2,1-6H3,(H,31,36). The van der Waals surface area contributed by atoms with Crippen molar-refractivity contribution >= 4 is 11.6 Å². The fourth-order valence-electron chi connectivity index (χ4n) is 4.89. The van der Waals surface area contributed by atoms with Gasteiger partial charge < -0.3 is 15.2 Å². The minimum absolute atomic E-state index is 0.0200. The van der Waals surface area contributed by atoms with E-state index in [1.165, 1.54) is 50.5 Å². The van der Waals surface area contributed by atoms with Crippen LogP contribution in [0.2, 0.25) is 0 Å². The summed E-state index contributed by atoms with van der Waals surface area (Å²) in [6.45, 7) is 12.6. The van der Waals surface area contributed by atoms with Crippen molar-refractivity contribution in [2.24, 2.45) is 4.99 Å². The summed E-state index contributed by atoms with van der Waals surface area (Å²) in [6, 6.07) is 8.10. The van der Waals surface area contributed by atoms with Gasteiger partial charge in [0.05, 0.1) is 24.8 Å². The van der Waals surface area contributed by atoms with Gasteiger partial charge in [0, 0.05) is 24.7 Å². The lowest BCUT2D eigenvalue weighted by Gasteiger charge is -2.34. The number of carbonyl (C=O) groups is 1. The van der Waals surface area contributed by atoms with Crippen LogP contribution in [0.1, 0.15) is 105 Å². The van der Waals surface area contributed by atoms with Crippen LogP contribution in [0.15, 0.2) is 29.3 Å². The van der Waals surface area contributed by atoms with Gasteiger partial charge in [-0.15, -0.1) is 0 Å². The molecule has 38 heavy (non-hydrogen) atoms. The zero-order valence-corrected chi connectivity index (χ0v) is 24.6. The van der Waals surface area contributed by atoms with E-state index in [-0.39, 0.29) is 30.3 Å². The smallest absolute Gasteiger partial charge is 0.268 e. The van der Waals surface area contributed by atoms with Crippen LogP contribution in [0.4, 0.5) is 0 Å². The molecule has 1 heterocycles. The van der Waals surface area contributed by atoms with E-state index in [1.54, 1.807) is 0 Å². The average Bonchev–Trinajstić information content (AvgIpc) is 3.04. The van der Waals surface area contributed by atoms with Crippen molar-refractivity contribution in [1.82, 2.24) is 21.3 Å². The van der Waals surface area contributed by atoms with Gasteiger partial charge in [0.25, 0.3) is 5.91 Å². The maximum Gasteiger partial charge on any atom is 0.268 e. The van der Waals surface area contributed by atoms with E-state index in [9.17, 15) is 9.90 Å². The third-order valence-electron chi connectivity index (χ3n) is 7.10. The zero-order valence-electron chi connectivity index (χ0n) is 24.6. The maximum absolute atomic E-state index is 11.8. The molecular weight excluding hydrogens is 478 g/mol. The van der Waals surface area contributed by atoms with Crippen molar-refractivity contribution in [3.8, 4) is 5.75 Å². The number of aliphatic imine (C=N–C) groups is 1. The van der Waals surface area contributed by atoms with Crippen LogP contribution < -0.4 is 26.0 Å². The lowest BCUT2D eigenvalue weighted by Crippen LogP contribution is -2.61. The lowest BCUT2D eigenvalue weighted by atomic mass is 10.0. The molecule has 1 aliphatic heterocycles. The van der Waals surface area contributed by atoms with Crippen molar-refractivity contribution < 1.29 is 14.6 Å². The van der Waals surface area contributed by atoms with Gasteiger partial charge in [-0.3, -0.25) is 20.4 Å². The Hall–Kier alpha value is -2.00. The Bertz CT molecular complexity index is 847. The predicted octanol–water partition coefficient (Wildman–Crippen LogP) is 4.61. The Morgan fingerprint density at radius 1 is 1.03 bits per heavy atom. The highest BCUT2D eigenvalue weighted by Gasteiger charge is 2.30. The molecule has 8 heteroatoms. The van der Waals surface area contributed by atoms with Gasteiger partial charge in [0.2, 0.25) is 5.91 Å². The molecule has 0 radical (unpaired) electrons. The largest absolute Gasteiger partial charge is 0.449 e. The SMILES string of the molecule is CCCCCCCCCc1ccc(OC(O)(CC)NC(C)NC(C)NC(C)C2CNC(=O)CC(C)=N2)cc1. The van der Waals surface area contributed by atoms with Crippen LogP contribution in [0, 0.1) is 0 Å². The number of hydrogen-bond acceptors (Lipinski definition) is 7. The van der Waals surface area contributed by atoms with E-state index in [4.69, 9.17) is 4.74 Å². The first-order valence-corrected chi connectivity index (χ1v) is 14.7. The summed E-state index contributed by atoms with van der Waals surface area (Å²) >= 11 is 0. The second-order valence-corrected chi connectivity index (χ2v) is 10.9. The summed E-state index contributed by atoms with van der Waals surface area (Å²) < 4.78 is 5.98. The summed E-state index contributed by atoms with van der Waals surface area (Å²) in [4.78, 5) is 16.4. The molecular formula is C30H53N5O3. The highest BCUT2D eigenvalue weighted by molar-refractivity contribution is 6.00. The topological polar surface area (TPSA) is 107 Å². The van der Waals surface area contributed by atoms with Gasteiger partial charge in [0.1, 0.15) is 5.75 Å². The summed E-state index contributed by atoms with van der Waals surface area (Å²) in [6.07, 6.45) is 10.7. The number of nitrogens with zero attached hydrogens (tertiary/aromatic N) is 1. The van der Waals surface area contributed by atoms with Gasteiger partial charge in [0.15, 0.2) is 0 Å². The van der Waals surface area contributed by atoms with Crippen LogP contribution in [-0.4, -0.2) is 53.6 Å². The van der Waals surface area contributed by atoms with E-state index in [2.05, 4.69) is 52.2 Å². The monoisotopic (exact) mass is 531 g/mol. The number of benzene rings is 1. The van der Waals surface area contributed by atoms with Crippen molar-refractivity contribution in [1.29, 1.82) is 0 Å². The molecule has 1 aromatic carbocycles. The van der Waals surface area contributed by atoms with E-state index < -0.39 is 5.91 Å². The highest BCUT2D eigenvalue weighted by Crippen LogP contribution is 2.20. The summed E-state index contributed by atoms with van der Waals surface area (Å²) in [5.74, 6) is -0.836. The molecule has 1 amide bonds. The second-order valence-electron chi connectivity index (χ2n) is 10.9. The quantitative estimate of drug-likeness (QED) is 0.140. The summed E-state index contributed by atoms with van der Waals surface area (Å²) in [5.41, 5.74) is 2.15. The molecule has 8 nitrogen and oxygen atoms in total. The molecule has 1 aliphatic rings. The number of unbranched alkanes of at least 4 members (excludes halogenated alkanes) is 6. The van der Waals surface area contributed by atoms with Gasteiger partial charge in [-0.2, -0.15) is 0 Å². The minimum Gasteiger partial charge on any atom is -0.449 e. The first-order valence-electron chi connectivity index (χ1n) is 14.7. The Morgan fingerprint density at radius 2 is 1.68 bits per heavy atom. The zero-order chi connectivity index (χ0) is 28.0. The molecule has 216 valence electrons. The number of nitrogens with one attached hydrogen (secondary N) is 4. The number of rotatable bonds is 18. The van der Waals surface area contributed by atoms with Crippen LogP contribution >= 0.6 is 0 Å². The maximum atomic E-state index is 11.8. The minimum atomic E-state index is -1.50. The van der Waals surface area contributed by atoms with E-state index in [0.29, 0.717) is 25.1 Å². The fourth-order valence-corrected chi connectivity index (χ4v) is 4.89. The van der Waals surface area contributed by atoms with Crippen LogP contribution in [0.25, 0.3) is 0 Å². The van der Waals surface area contributed by atoms with Crippen molar-refractivity contribution in [3.63, 3.8) is 0 Å². The van der Waals surface area contributed by atoms with Gasteiger partial charge in [-0.1, -0.05) is 64.5 Å². The molecule has 0 aromatic heterocycles. The molecule has 0 saturated heterocycles. The third-order valence-corrected chi connectivity index (χ3v) is 7.10. The molecule has 0 aliphatic carbocycles. The number of amides is 1. The average molecular weight is 532 g/mol. The van der Waals surface area contributed by atoms with Crippen molar-refractivity contribution in [2.75, 3.05) is 6.54 Å². The molecule has 0 spiro atoms. The third kappa shape index (κ3) is 12.2. The normalized spacial score (nSPS) is 20.0. The van der Waals surface area contributed by atoms with E-state index in [0.717, 1.165) is 12.1 Å². The molecule has 0 fully saturated rings. The first-order chi connectivity index (χ1) is 18.1. The Labute approximate surface area is 230 Å². The Morgan fingerprint density at radius 3 is 2.34 bits per heavy atom. The molecule has 0 bridgehead atoms. The molecule has 5 N–H and O–H groups in total. The van der Waals surface area contributed by atoms with Crippen LogP contribution in [0.3, 0.4) is 0 Å². The lowest BCUT2D eigenvalue weighted by molar-refractivity contribution is -0.172. The Balaban J connectivity index is 1.77. The number of aryl methyl sites for hydroxylation is 1. The molecule has 2 rings (SSSR count). The van der Waals surface area contributed by atoms with Crippen LogP contribution in [0.5, 0.6) is 5.75 Å². The predicted molar refractivity (Wildman–Crippen MR) is 156 cm³/mol. The molecule has 0 saturated carbocycles. The molecule has 5 unspecified atom stereocenters. The van der Waals surface area contributed by atoms with Gasteiger partial charge >= 0.3 is 0 Å². The summed E-state index contributed by atoms with van der Waals surface area (Å²) in [7, 11) is 0. The second kappa shape index (κ2) is 16.9. The summed E-state index contributed by atoms with van der Waals surface area (Å²) in [5, 5.41) is 24.1. The van der Waals surface area contributed by atoms with Gasteiger partial charge in [-0.05, 0) is 58.2 Å². The van der Waals surface area contributed by atoms with Crippen molar-refractivity contribution in [2.45, 2.75) is 136 Å².